The molecule has 0 fully saturated rings. The SMILES string of the molecule is CCCN(C/C=C/CCCCCC(C)c1ccccc1)CCC. The van der Waals surface area contributed by atoms with Crippen molar-refractivity contribution in [3.8, 4) is 0 Å². The van der Waals surface area contributed by atoms with E-state index in [1.54, 1.807) is 0 Å². The van der Waals surface area contributed by atoms with Crippen LogP contribution in [0.5, 0.6) is 0 Å². The highest BCUT2D eigenvalue weighted by Gasteiger charge is 2.03. The van der Waals surface area contributed by atoms with Gasteiger partial charge in [-0.25, -0.2) is 0 Å². The first-order valence-corrected chi connectivity index (χ1v) is 9.70. The van der Waals surface area contributed by atoms with E-state index in [-0.39, 0.29) is 0 Å². The summed E-state index contributed by atoms with van der Waals surface area (Å²) in [5.41, 5.74) is 1.49. The number of allylic oxidation sites excluding steroid dienone is 1. The van der Waals surface area contributed by atoms with Gasteiger partial charge in [0.2, 0.25) is 0 Å². The largest absolute Gasteiger partial charge is 0.300 e. The van der Waals surface area contributed by atoms with Gasteiger partial charge >= 0.3 is 0 Å². The van der Waals surface area contributed by atoms with Crippen molar-refractivity contribution in [1.29, 1.82) is 0 Å². The molecular formula is C22H37N. The lowest BCUT2D eigenvalue weighted by molar-refractivity contribution is 0.303. The van der Waals surface area contributed by atoms with Gasteiger partial charge in [0.15, 0.2) is 0 Å². The molecule has 1 aromatic carbocycles. The maximum Gasteiger partial charge on any atom is 0.0163 e. The van der Waals surface area contributed by atoms with Gasteiger partial charge in [0.05, 0.1) is 0 Å². The normalized spacial score (nSPS) is 13.0. The first kappa shape index (κ1) is 20.0. The van der Waals surface area contributed by atoms with Crippen LogP contribution in [0.2, 0.25) is 0 Å². The van der Waals surface area contributed by atoms with E-state index in [9.17, 15) is 0 Å². The van der Waals surface area contributed by atoms with Crippen LogP contribution in [0.25, 0.3) is 0 Å². The lowest BCUT2D eigenvalue weighted by Gasteiger charge is -2.18. The fraction of sp³-hybridized carbons (Fsp3) is 0.636. The molecule has 0 aliphatic carbocycles. The van der Waals surface area contributed by atoms with Crippen LogP contribution >= 0.6 is 0 Å². The molecule has 0 aliphatic heterocycles. The third-order valence-corrected chi connectivity index (χ3v) is 4.49. The van der Waals surface area contributed by atoms with Gasteiger partial charge in [-0.15, -0.1) is 0 Å². The van der Waals surface area contributed by atoms with E-state index >= 15 is 0 Å². The lowest BCUT2D eigenvalue weighted by Crippen LogP contribution is -2.25. The number of rotatable bonds is 13. The summed E-state index contributed by atoms with van der Waals surface area (Å²) in [6.07, 6.45) is 13.9. The predicted octanol–water partition coefficient (Wildman–Crippen LogP) is 6.42. The van der Waals surface area contributed by atoms with Crippen molar-refractivity contribution in [2.75, 3.05) is 19.6 Å². The summed E-state index contributed by atoms with van der Waals surface area (Å²) in [6.45, 7) is 10.5. The first-order chi connectivity index (χ1) is 11.3. The third-order valence-electron chi connectivity index (χ3n) is 4.49. The summed E-state index contributed by atoms with van der Waals surface area (Å²) in [4.78, 5) is 2.55. The van der Waals surface area contributed by atoms with Crippen LogP contribution in [0, 0.1) is 0 Å². The van der Waals surface area contributed by atoms with E-state index in [4.69, 9.17) is 0 Å². The van der Waals surface area contributed by atoms with Crippen LogP contribution in [0.1, 0.15) is 77.2 Å². The predicted molar refractivity (Wildman–Crippen MR) is 104 cm³/mol. The molecule has 1 nitrogen and oxygen atoms in total. The van der Waals surface area contributed by atoms with Gasteiger partial charge < -0.3 is 0 Å². The zero-order chi connectivity index (χ0) is 16.8. The number of benzene rings is 1. The Morgan fingerprint density at radius 3 is 2.26 bits per heavy atom. The van der Waals surface area contributed by atoms with Crippen molar-refractivity contribution in [1.82, 2.24) is 4.90 Å². The Morgan fingerprint density at radius 2 is 1.61 bits per heavy atom. The van der Waals surface area contributed by atoms with Gasteiger partial charge in [-0.05, 0) is 56.7 Å². The van der Waals surface area contributed by atoms with Gasteiger partial charge in [-0.3, -0.25) is 4.90 Å². The first-order valence-electron chi connectivity index (χ1n) is 9.70. The molecule has 0 aliphatic rings. The minimum Gasteiger partial charge on any atom is -0.300 e. The van der Waals surface area contributed by atoms with Crippen LogP contribution in [0.15, 0.2) is 42.5 Å². The maximum atomic E-state index is 2.55. The molecular weight excluding hydrogens is 278 g/mol. The molecule has 0 aromatic heterocycles. The van der Waals surface area contributed by atoms with Crippen LogP contribution in [-0.2, 0) is 0 Å². The van der Waals surface area contributed by atoms with E-state index in [1.807, 2.05) is 0 Å². The monoisotopic (exact) mass is 315 g/mol. The second kappa shape index (κ2) is 13.4. The van der Waals surface area contributed by atoms with Crippen LogP contribution in [0.4, 0.5) is 0 Å². The number of nitrogens with zero attached hydrogens (tertiary/aromatic N) is 1. The third kappa shape index (κ3) is 9.61. The Hall–Kier alpha value is -1.08. The summed E-state index contributed by atoms with van der Waals surface area (Å²) in [7, 11) is 0. The van der Waals surface area contributed by atoms with Crippen molar-refractivity contribution in [2.45, 2.75) is 71.6 Å². The van der Waals surface area contributed by atoms with E-state index in [1.165, 1.54) is 63.6 Å². The van der Waals surface area contributed by atoms with Gasteiger partial charge in [0.25, 0.3) is 0 Å². The van der Waals surface area contributed by atoms with Gasteiger partial charge in [-0.2, -0.15) is 0 Å². The average molecular weight is 316 g/mol. The Kier molecular flexibility index (Phi) is 11.6. The van der Waals surface area contributed by atoms with E-state index in [2.05, 4.69) is 68.2 Å². The molecule has 130 valence electrons. The number of unbranched alkanes of at least 4 members (excludes halogenated alkanes) is 3. The second-order valence-electron chi connectivity index (χ2n) is 6.72. The smallest absolute Gasteiger partial charge is 0.0163 e. The van der Waals surface area contributed by atoms with Crippen molar-refractivity contribution in [3.05, 3.63) is 48.0 Å². The molecule has 1 unspecified atom stereocenters. The minimum absolute atomic E-state index is 0.698. The van der Waals surface area contributed by atoms with Crippen LogP contribution in [0.3, 0.4) is 0 Å². The number of hydrogen-bond donors (Lipinski definition) is 0. The van der Waals surface area contributed by atoms with E-state index in [0.29, 0.717) is 5.92 Å². The molecule has 1 rings (SSSR count). The Bertz CT molecular complexity index is 390. The van der Waals surface area contributed by atoms with Crippen molar-refractivity contribution >= 4 is 0 Å². The van der Waals surface area contributed by atoms with Crippen molar-refractivity contribution < 1.29 is 0 Å². The Balaban J connectivity index is 2.05. The van der Waals surface area contributed by atoms with Crippen LogP contribution < -0.4 is 0 Å². The minimum atomic E-state index is 0.698. The van der Waals surface area contributed by atoms with E-state index in [0.717, 1.165) is 6.54 Å². The highest BCUT2D eigenvalue weighted by atomic mass is 15.1. The molecule has 1 aromatic rings. The molecule has 0 bridgehead atoms. The number of hydrogen-bond acceptors (Lipinski definition) is 1. The molecule has 0 N–H and O–H groups in total. The van der Waals surface area contributed by atoms with Crippen LogP contribution in [-0.4, -0.2) is 24.5 Å². The molecule has 0 saturated carbocycles. The van der Waals surface area contributed by atoms with Gasteiger partial charge in [0, 0.05) is 6.54 Å². The fourth-order valence-corrected chi connectivity index (χ4v) is 3.11. The second-order valence-corrected chi connectivity index (χ2v) is 6.72. The highest BCUT2D eigenvalue weighted by molar-refractivity contribution is 5.18. The molecule has 0 heterocycles. The topological polar surface area (TPSA) is 3.24 Å². The maximum absolute atomic E-state index is 2.55. The summed E-state index contributed by atoms with van der Waals surface area (Å²) in [6, 6.07) is 10.9. The van der Waals surface area contributed by atoms with Crippen molar-refractivity contribution in [3.63, 3.8) is 0 Å². The molecule has 23 heavy (non-hydrogen) atoms. The highest BCUT2D eigenvalue weighted by Crippen LogP contribution is 2.21. The van der Waals surface area contributed by atoms with E-state index < -0.39 is 0 Å². The summed E-state index contributed by atoms with van der Waals surface area (Å²) in [5, 5.41) is 0. The molecule has 1 heteroatoms. The summed E-state index contributed by atoms with van der Waals surface area (Å²) >= 11 is 0. The average Bonchev–Trinajstić information content (AvgIpc) is 2.58. The van der Waals surface area contributed by atoms with Gasteiger partial charge in [0.1, 0.15) is 0 Å². The standard InChI is InChI=1S/C22H37N/c1-4-18-23(19-5-2)20-14-9-7-6-8-11-15-21(3)22-16-12-10-13-17-22/h9-10,12-14,16-17,21H,4-8,11,15,18-20H2,1-3H3/b14-9+. The molecule has 0 radical (unpaired) electrons. The summed E-state index contributed by atoms with van der Waals surface area (Å²) < 4.78 is 0. The Morgan fingerprint density at radius 1 is 0.913 bits per heavy atom. The van der Waals surface area contributed by atoms with Gasteiger partial charge in [-0.1, -0.05) is 76.1 Å². The lowest BCUT2D eigenvalue weighted by atomic mass is 9.95. The molecule has 0 amide bonds. The molecule has 0 spiro atoms. The zero-order valence-electron chi connectivity index (χ0n) is 15.6. The quantitative estimate of drug-likeness (QED) is 0.300. The zero-order valence-corrected chi connectivity index (χ0v) is 15.6. The molecule has 0 saturated heterocycles. The summed E-state index contributed by atoms with van der Waals surface area (Å²) in [5.74, 6) is 0.698. The molecule has 1 atom stereocenters. The Labute approximate surface area is 144 Å². The van der Waals surface area contributed by atoms with Crippen molar-refractivity contribution in [2.24, 2.45) is 0 Å². The fourth-order valence-electron chi connectivity index (χ4n) is 3.11.